The van der Waals surface area contributed by atoms with Crippen LogP contribution in [0.5, 0.6) is 0 Å². The second-order valence-corrected chi connectivity index (χ2v) is 6.30. The molecule has 0 heterocycles. The smallest absolute Gasteiger partial charge is 0.0282 e. The lowest BCUT2D eigenvalue weighted by molar-refractivity contribution is 0.342. The summed E-state index contributed by atoms with van der Waals surface area (Å²) in [7, 11) is 0. The summed E-state index contributed by atoms with van der Waals surface area (Å²) in [6.07, 6.45) is 12.5. The highest BCUT2D eigenvalue weighted by Gasteiger charge is 2.41. The summed E-state index contributed by atoms with van der Waals surface area (Å²) >= 11 is 2.06. The van der Waals surface area contributed by atoms with E-state index >= 15 is 0 Å². The molecule has 1 nitrogen and oxygen atoms in total. The van der Waals surface area contributed by atoms with E-state index in [0.717, 1.165) is 5.92 Å². The fraction of sp³-hybridized carbons (Fsp3) is 1.00. The minimum atomic E-state index is 0.647. The average molecular weight is 213 g/mol. The predicted molar refractivity (Wildman–Crippen MR) is 64.9 cm³/mol. The summed E-state index contributed by atoms with van der Waals surface area (Å²) in [5.74, 6) is 0.987. The third kappa shape index (κ3) is 2.90. The molecule has 2 rings (SSSR count). The normalized spacial score (nSPS) is 26.4. The van der Waals surface area contributed by atoms with Gasteiger partial charge in [-0.05, 0) is 44.4 Å². The summed E-state index contributed by atoms with van der Waals surface area (Å²) in [4.78, 5) is 0. The summed E-state index contributed by atoms with van der Waals surface area (Å²) in [5, 5.41) is 3.69. The number of nitrogens with one attached hydrogen (secondary N) is 1. The van der Waals surface area contributed by atoms with Gasteiger partial charge in [0.2, 0.25) is 0 Å². The minimum Gasteiger partial charge on any atom is -0.315 e. The van der Waals surface area contributed by atoms with E-state index in [0.29, 0.717) is 4.75 Å². The van der Waals surface area contributed by atoms with Crippen LogP contribution in [0.3, 0.4) is 0 Å². The largest absolute Gasteiger partial charge is 0.315 e. The van der Waals surface area contributed by atoms with Crippen LogP contribution >= 0.6 is 11.8 Å². The van der Waals surface area contributed by atoms with E-state index < -0.39 is 0 Å². The molecule has 0 saturated heterocycles. The summed E-state index contributed by atoms with van der Waals surface area (Å²) in [5.41, 5.74) is 0. The molecule has 0 atom stereocenters. The van der Waals surface area contributed by atoms with Crippen molar-refractivity contribution in [2.45, 2.75) is 49.7 Å². The Bertz CT molecular complexity index is 171. The van der Waals surface area contributed by atoms with Gasteiger partial charge >= 0.3 is 0 Å². The molecule has 2 fully saturated rings. The van der Waals surface area contributed by atoms with Crippen molar-refractivity contribution < 1.29 is 0 Å². The zero-order chi connectivity index (χ0) is 9.86. The Morgan fingerprint density at radius 1 is 1.21 bits per heavy atom. The third-order valence-electron chi connectivity index (χ3n) is 3.85. The zero-order valence-electron chi connectivity index (χ0n) is 9.35. The number of hydrogen-bond donors (Lipinski definition) is 1. The zero-order valence-corrected chi connectivity index (χ0v) is 10.2. The van der Waals surface area contributed by atoms with Crippen LogP contribution in [0.15, 0.2) is 0 Å². The van der Waals surface area contributed by atoms with Crippen LogP contribution in [0.4, 0.5) is 0 Å². The van der Waals surface area contributed by atoms with Crippen LogP contribution in [0, 0.1) is 5.92 Å². The molecule has 0 unspecified atom stereocenters. The first kappa shape index (κ1) is 10.8. The van der Waals surface area contributed by atoms with Gasteiger partial charge in [-0.1, -0.05) is 19.3 Å². The lowest BCUT2D eigenvalue weighted by atomic mass is 9.89. The maximum atomic E-state index is 3.69. The Kier molecular flexibility index (Phi) is 3.78. The highest BCUT2D eigenvalue weighted by Crippen LogP contribution is 2.46. The quantitative estimate of drug-likeness (QED) is 0.753. The fourth-order valence-electron chi connectivity index (χ4n) is 2.49. The Hall–Kier alpha value is 0.310. The highest BCUT2D eigenvalue weighted by atomic mass is 32.2. The van der Waals surface area contributed by atoms with Crippen molar-refractivity contribution in [2.24, 2.45) is 5.92 Å². The number of hydrogen-bond acceptors (Lipinski definition) is 2. The first-order valence-corrected chi connectivity index (χ1v) is 7.33. The predicted octanol–water partition coefficient (Wildman–Crippen LogP) is 3.05. The topological polar surface area (TPSA) is 12.0 Å². The van der Waals surface area contributed by atoms with Crippen molar-refractivity contribution >= 4 is 11.8 Å². The Balaban J connectivity index is 1.58. The van der Waals surface area contributed by atoms with Gasteiger partial charge in [0.05, 0.1) is 0 Å². The molecule has 2 heteroatoms. The van der Waals surface area contributed by atoms with Crippen LogP contribution in [-0.4, -0.2) is 24.1 Å². The van der Waals surface area contributed by atoms with Crippen molar-refractivity contribution in [3.63, 3.8) is 0 Å². The Labute approximate surface area is 92.4 Å². The second-order valence-electron chi connectivity index (χ2n) is 5.02. The summed E-state index contributed by atoms with van der Waals surface area (Å²) < 4.78 is 0.647. The van der Waals surface area contributed by atoms with Gasteiger partial charge in [0.15, 0.2) is 0 Å². The van der Waals surface area contributed by atoms with Gasteiger partial charge in [-0.15, -0.1) is 0 Å². The van der Waals surface area contributed by atoms with Crippen LogP contribution < -0.4 is 5.32 Å². The van der Waals surface area contributed by atoms with Crippen molar-refractivity contribution in [1.29, 1.82) is 0 Å². The molecule has 0 aromatic heterocycles. The lowest BCUT2D eigenvalue weighted by Gasteiger charge is -2.23. The van der Waals surface area contributed by atoms with E-state index in [1.807, 2.05) is 0 Å². The number of thioether (sulfide) groups is 1. The van der Waals surface area contributed by atoms with Gasteiger partial charge in [-0.25, -0.2) is 0 Å². The van der Waals surface area contributed by atoms with E-state index in [4.69, 9.17) is 0 Å². The van der Waals surface area contributed by atoms with Crippen molar-refractivity contribution in [3.8, 4) is 0 Å². The van der Waals surface area contributed by atoms with Crippen LogP contribution in [0.25, 0.3) is 0 Å². The SMILES string of the molecule is CSC1(CNCC2CCCCC2)CC1. The maximum absolute atomic E-state index is 3.69. The van der Waals surface area contributed by atoms with Crippen LogP contribution in [0.2, 0.25) is 0 Å². The molecule has 0 bridgehead atoms. The monoisotopic (exact) mass is 213 g/mol. The average Bonchev–Trinajstić information content (AvgIpc) is 3.00. The second kappa shape index (κ2) is 4.89. The molecule has 82 valence electrons. The minimum absolute atomic E-state index is 0.647. The Morgan fingerprint density at radius 2 is 1.93 bits per heavy atom. The lowest BCUT2D eigenvalue weighted by Crippen LogP contribution is -2.31. The molecule has 2 aliphatic carbocycles. The van der Waals surface area contributed by atoms with E-state index in [2.05, 4.69) is 23.3 Å². The molecular formula is C12H23NS. The molecule has 1 N–H and O–H groups in total. The molecule has 2 aliphatic rings. The maximum Gasteiger partial charge on any atom is 0.0282 e. The van der Waals surface area contributed by atoms with Gasteiger partial charge in [0, 0.05) is 11.3 Å². The first-order chi connectivity index (χ1) is 6.85. The fourth-order valence-corrected chi connectivity index (χ4v) is 3.24. The van der Waals surface area contributed by atoms with Crippen molar-refractivity contribution in [1.82, 2.24) is 5.32 Å². The van der Waals surface area contributed by atoms with Crippen LogP contribution in [-0.2, 0) is 0 Å². The molecule has 0 radical (unpaired) electrons. The summed E-state index contributed by atoms with van der Waals surface area (Å²) in [6.45, 7) is 2.53. The van der Waals surface area contributed by atoms with Gasteiger partial charge in [-0.2, -0.15) is 11.8 Å². The molecule has 2 saturated carbocycles. The molecule has 0 aliphatic heterocycles. The third-order valence-corrected chi connectivity index (χ3v) is 5.26. The van der Waals surface area contributed by atoms with Crippen LogP contribution in [0.1, 0.15) is 44.9 Å². The van der Waals surface area contributed by atoms with Gasteiger partial charge in [0.25, 0.3) is 0 Å². The van der Waals surface area contributed by atoms with E-state index in [1.54, 1.807) is 0 Å². The standard InChI is InChI=1S/C12H23NS/c1-14-12(7-8-12)10-13-9-11-5-3-2-4-6-11/h11,13H,2-10H2,1H3. The number of rotatable bonds is 5. The molecule has 14 heavy (non-hydrogen) atoms. The molecule has 0 aromatic rings. The molecular weight excluding hydrogens is 190 g/mol. The van der Waals surface area contributed by atoms with Gasteiger partial charge < -0.3 is 5.32 Å². The first-order valence-electron chi connectivity index (χ1n) is 6.10. The molecule has 0 amide bonds. The van der Waals surface area contributed by atoms with E-state index in [1.165, 1.54) is 58.0 Å². The molecule has 0 aromatic carbocycles. The molecule has 0 spiro atoms. The van der Waals surface area contributed by atoms with Crippen molar-refractivity contribution in [2.75, 3.05) is 19.3 Å². The van der Waals surface area contributed by atoms with Gasteiger partial charge in [-0.3, -0.25) is 0 Å². The van der Waals surface area contributed by atoms with Crippen molar-refractivity contribution in [3.05, 3.63) is 0 Å². The van der Waals surface area contributed by atoms with Gasteiger partial charge in [0.1, 0.15) is 0 Å². The summed E-state index contributed by atoms with van der Waals surface area (Å²) in [6, 6.07) is 0. The van der Waals surface area contributed by atoms with E-state index in [9.17, 15) is 0 Å². The highest BCUT2D eigenvalue weighted by molar-refractivity contribution is 8.00. The van der Waals surface area contributed by atoms with E-state index in [-0.39, 0.29) is 0 Å². The Morgan fingerprint density at radius 3 is 2.50 bits per heavy atom.